The normalized spacial score (nSPS) is 28.2. The van der Waals surface area contributed by atoms with E-state index in [1.54, 1.807) is 30.4 Å². The van der Waals surface area contributed by atoms with Gasteiger partial charge in [-0.05, 0) is 61.9 Å². The molecule has 5 nitrogen and oxygen atoms in total. The zero-order valence-corrected chi connectivity index (χ0v) is 19.4. The van der Waals surface area contributed by atoms with Gasteiger partial charge in [-0.15, -0.1) is 0 Å². The standard InChI is InChI=1S/C28H30F2O5/c29-20-6-2-7-21(30)26(20)28(12-3-13-28)25(32)11-10-18-19-5-1-4-16-8-9-17(27(33)34)14-23(16)35-24(19)15-22(18)31/h2,6-11,14,18-19,22,24-25,31-32H,1,3-5,12-13,15H2,(H,33,34)/b11-10+/t18-,19-,22-,24+,25?/m1/s1. The summed E-state index contributed by atoms with van der Waals surface area (Å²) in [5.41, 5.74) is 0.0492. The average molecular weight is 485 g/mol. The number of carboxylic acid groups (broad SMARTS) is 1. The van der Waals surface area contributed by atoms with Crippen LogP contribution in [0.3, 0.4) is 0 Å². The van der Waals surface area contributed by atoms with Crippen molar-refractivity contribution in [1.29, 1.82) is 0 Å². The first kappa shape index (κ1) is 23.9. The van der Waals surface area contributed by atoms with Crippen LogP contribution in [-0.2, 0) is 11.8 Å². The Hall–Kier alpha value is -2.77. The highest BCUT2D eigenvalue weighted by Gasteiger charge is 2.48. The molecular weight excluding hydrogens is 454 g/mol. The molecular formula is C28H30F2O5. The van der Waals surface area contributed by atoms with Gasteiger partial charge < -0.3 is 20.1 Å². The predicted octanol–water partition coefficient (Wildman–Crippen LogP) is 4.78. The molecule has 2 fully saturated rings. The van der Waals surface area contributed by atoms with Gasteiger partial charge in [-0.1, -0.05) is 30.7 Å². The van der Waals surface area contributed by atoms with Crippen molar-refractivity contribution in [3.8, 4) is 5.75 Å². The maximum absolute atomic E-state index is 14.6. The quantitative estimate of drug-likeness (QED) is 0.532. The Balaban J connectivity index is 1.37. The summed E-state index contributed by atoms with van der Waals surface area (Å²) in [6.45, 7) is 0. The molecule has 5 atom stereocenters. The van der Waals surface area contributed by atoms with Crippen LogP contribution in [0.4, 0.5) is 8.78 Å². The van der Waals surface area contributed by atoms with E-state index in [1.807, 2.05) is 0 Å². The molecule has 0 aromatic heterocycles. The van der Waals surface area contributed by atoms with Crippen LogP contribution >= 0.6 is 0 Å². The van der Waals surface area contributed by atoms with Crippen LogP contribution < -0.4 is 4.74 Å². The number of carboxylic acids is 1. The topological polar surface area (TPSA) is 87.0 Å². The van der Waals surface area contributed by atoms with Crippen molar-refractivity contribution in [3.05, 3.63) is 76.9 Å². The second-order valence-corrected chi connectivity index (χ2v) is 10.2. The number of ether oxygens (including phenoxy) is 1. The van der Waals surface area contributed by atoms with E-state index < -0.39 is 35.2 Å². The number of halogens is 2. The molecule has 0 amide bonds. The summed E-state index contributed by atoms with van der Waals surface area (Å²) in [7, 11) is 0. The minimum Gasteiger partial charge on any atom is -0.490 e. The maximum atomic E-state index is 14.6. The van der Waals surface area contributed by atoms with E-state index in [2.05, 4.69) is 0 Å². The fraction of sp³-hybridized carbons (Fsp3) is 0.464. The van der Waals surface area contributed by atoms with Crippen molar-refractivity contribution < 1.29 is 33.6 Å². The van der Waals surface area contributed by atoms with E-state index in [4.69, 9.17) is 4.74 Å². The van der Waals surface area contributed by atoms with Gasteiger partial charge in [-0.25, -0.2) is 13.6 Å². The number of fused-ring (bicyclic) bond motifs is 2. The van der Waals surface area contributed by atoms with E-state index >= 15 is 0 Å². The Morgan fingerprint density at radius 3 is 2.54 bits per heavy atom. The molecule has 2 saturated carbocycles. The molecule has 5 rings (SSSR count). The summed E-state index contributed by atoms with van der Waals surface area (Å²) < 4.78 is 35.4. The van der Waals surface area contributed by atoms with Gasteiger partial charge in [-0.3, -0.25) is 0 Å². The molecule has 3 aliphatic rings. The molecule has 0 spiro atoms. The van der Waals surface area contributed by atoms with Crippen LogP contribution in [-0.4, -0.2) is 39.6 Å². The van der Waals surface area contributed by atoms with Gasteiger partial charge in [0.05, 0.1) is 17.8 Å². The fourth-order valence-corrected chi connectivity index (χ4v) is 6.23. The predicted molar refractivity (Wildman–Crippen MR) is 125 cm³/mol. The number of rotatable bonds is 5. The lowest BCUT2D eigenvalue weighted by molar-refractivity contribution is 0.0557. The van der Waals surface area contributed by atoms with Crippen molar-refractivity contribution in [3.63, 3.8) is 0 Å². The third kappa shape index (κ3) is 4.25. The van der Waals surface area contributed by atoms with Gasteiger partial charge >= 0.3 is 5.97 Å². The van der Waals surface area contributed by atoms with Gasteiger partial charge in [-0.2, -0.15) is 0 Å². The summed E-state index contributed by atoms with van der Waals surface area (Å²) >= 11 is 0. The monoisotopic (exact) mass is 484 g/mol. The lowest BCUT2D eigenvalue weighted by Gasteiger charge is -2.45. The zero-order chi connectivity index (χ0) is 24.7. The van der Waals surface area contributed by atoms with Crippen LogP contribution in [0.1, 0.15) is 60.0 Å². The molecule has 1 heterocycles. The van der Waals surface area contributed by atoms with Crippen LogP contribution in [0.2, 0.25) is 0 Å². The summed E-state index contributed by atoms with van der Waals surface area (Å²) in [5, 5.41) is 31.3. The van der Waals surface area contributed by atoms with Crippen molar-refractivity contribution >= 4 is 5.97 Å². The summed E-state index contributed by atoms with van der Waals surface area (Å²) in [4.78, 5) is 11.4. The second-order valence-electron chi connectivity index (χ2n) is 10.2. The van der Waals surface area contributed by atoms with Gasteiger partial charge in [0.15, 0.2) is 0 Å². The van der Waals surface area contributed by atoms with Crippen molar-refractivity contribution in [2.45, 2.75) is 68.7 Å². The van der Waals surface area contributed by atoms with Crippen LogP contribution in [0, 0.1) is 23.5 Å². The molecule has 2 aromatic rings. The number of aliphatic hydroxyl groups excluding tert-OH is 2. The second kappa shape index (κ2) is 9.36. The summed E-state index contributed by atoms with van der Waals surface area (Å²) in [5.74, 6) is -2.07. The first-order chi connectivity index (χ1) is 16.8. The Labute approximate surface area is 203 Å². The van der Waals surface area contributed by atoms with Crippen LogP contribution in [0.5, 0.6) is 5.75 Å². The van der Waals surface area contributed by atoms with Gasteiger partial charge in [0.25, 0.3) is 0 Å². The zero-order valence-electron chi connectivity index (χ0n) is 19.4. The maximum Gasteiger partial charge on any atom is 0.335 e. The van der Waals surface area contributed by atoms with Crippen LogP contribution in [0.15, 0.2) is 48.6 Å². The van der Waals surface area contributed by atoms with Crippen molar-refractivity contribution in [2.75, 3.05) is 0 Å². The molecule has 2 aliphatic carbocycles. The van der Waals surface area contributed by atoms with Crippen LogP contribution in [0.25, 0.3) is 0 Å². The summed E-state index contributed by atoms with van der Waals surface area (Å²) in [6.07, 6.45) is 5.86. The molecule has 3 N–H and O–H groups in total. The molecule has 1 aliphatic heterocycles. The first-order valence-corrected chi connectivity index (χ1v) is 12.3. The number of aromatic carboxylic acids is 1. The SMILES string of the molecule is O=C(O)c1ccc2c(c1)O[C@H]1C[C@@H](O)[C@H](/C=C/C(O)C3(c4c(F)cccc4F)CCC3)[C@H]1CCC2. The number of aliphatic hydroxyl groups is 2. The number of hydrogen-bond acceptors (Lipinski definition) is 4. The third-order valence-electron chi connectivity index (χ3n) is 8.25. The largest absolute Gasteiger partial charge is 0.490 e. The number of benzene rings is 2. The Morgan fingerprint density at radius 1 is 1.14 bits per heavy atom. The highest BCUT2D eigenvalue weighted by molar-refractivity contribution is 5.88. The Kier molecular flexibility index (Phi) is 6.40. The van der Waals surface area contributed by atoms with E-state index in [0.717, 1.165) is 31.2 Å². The molecule has 186 valence electrons. The van der Waals surface area contributed by atoms with E-state index in [1.165, 1.54) is 18.2 Å². The van der Waals surface area contributed by atoms with Crippen molar-refractivity contribution in [1.82, 2.24) is 0 Å². The molecule has 7 heteroatoms. The highest BCUT2D eigenvalue weighted by atomic mass is 19.1. The Morgan fingerprint density at radius 2 is 1.89 bits per heavy atom. The first-order valence-electron chi connectivity index (χ1n) is 12.3. The Bertz CT molecular complexity index is 1120. The fourth-order valence-electron chi connectivity index (χ4n) is 6.23. The molecule has 0 bridgehead atoms. The third-order valence-corrected chi connectivity index (χ3v) is 8.25. The lowest BCUT2D eigenvalue weighted by Crippen LogP contribution is -2.46. The van der Waals surface area contributed by atoms with Crippen molar-refractivity contribution in [2.24, 2.45) is 11.8 Å². The minimum absolute atomic E-state index is 0.0161. The average Bonchev–Trinajstić information content (AvgIpc) is 3.05. The van der Waals surface area contributed by atoms with E-state index in [0.29, 0.717) is 25.0 Å². The molecule has 0 radical (unpaired) electrons. The lowest BCUT2D eigenvalue weighted by atomic mass is 9.60. The number of carbonyl (C=O) groups is 1. The van der Waals surface area contributed by atoms with Gasteiger partial charge in [0.2, 0.25) is 0 Å². The smallest absolute Gasteiger partial charge is 0.335 e. The van der Waals surface area contributed by atoms with E-state index in [-0.39, 0.29) is 29.1 Å². The minimum atomic E-state index is -1.08. The van der Waals surface area contributed by atoms with Gasteiger partial charge in [0, 0.05) is 29.2 Å². The molecule has 2 aromatic carbocycles. The van der Waals surface area contributed by atoms with E-state index in [9.17, 15) is 28.9 Å². The highest BCUT2D eigenvalue weighted by Crippen LogP contribution is 2.49. The van der Waals surface area contributed by atoms with Gasteiger partial charge in [0.1, 0.15) is 23.5 Å². The molecule has 35 heavy (non-hydrogen) atoms. The molecule has 0 saturated heterocycles. The molecule has 1 unspecified atom stereocenters. The summed E-state index contributed by atoms with van der Waals surface area (Å²) in [6, 6.07) is 8.68. The number of hydrogen-bond donors (Lipinski definition) is 3. The number of aryl methyl sites for hydroxylation is 1.